The van der Waals surface area contributed by atoms with E-state index >= 15 is 0 Å². The van der Waals surface area contributed by atoms with E-state index in [2.05, 4.69) is 15.5 Å². The molecule has 4 rings (SSSR count). The average Bonchev–Trinajstić information content (AvgIpc) is 3.29. The zero-order valence-electron chi connectivity index (χ0n) is 16.9. The molecule has 0 bridgehead atoms. The van der Waals surface area contributed by atoms with Crippen molar-refractivity contribution < 1.29 is 13.9 Å². The molecule has 4 aromatic rings. The van der Waals surface area contributed by atoms with Gasteiger partial charge >= 0.3 is 0 Å². The van der Waals surface area contributed by atoms with Gasteiger partial charge in [0.2, 0.25) is 17.7 Å². The van der Waals surface area contributed by atoms with E-state index in [0.29, 0.717) is 52.7 Å². The number of anilines is 1. The number of aromatic nitrogens is 2. The zero-order valence-corrected chi connectivity index (χ0v) is 18.4. The molecule has 1 heterocycles. The Labute approximate surface area is 195 Å². The summed E-state index contributed by atoms with van der Waals surface area (Å²) in [6.07, 6.45) is 0.836. The van der Waals surface area contributed by atoms with Crippen molar-refractivity contribution in [2.75, 3.05) is 11.9 Å². The Kier molecular flexibility index (Phi) is 7.04. The van der Waals surface area contributed by atoms with E-state index < -0.39 is 0 Å². The van der Waals surface area contributed by atoms with Crippen molar-refractivity contribution in [2.24, 2.45) is 0 Å². The lowest BCUT2D eigenvalue weighted by molar-refractivity contribution is -0.116. The van der Waals surface area contributed by atoms with E-state index in [9.17, 15) is 4.79 Å². The van der Waals surface area contributed by atoms with Crippen LogP contribution in [0.3, 0.4) is 0 Å². The van der Waals surface area contributed by atoms with Gasteiger partial charge in [-0.15, -0.1) is 10.2 Å². The highest BCUT2D eigenvalue weighted by Gasteiger charge is 2.11. The van der Waals surface area contributed by atoms with Crippen molar-refractivity contribution in [1.82, 2.24) is 10.2 Å². The Morgan fingerprint density at radius 1 is 0.906 bits per heavy atom. The second kappa shape index (κ2) is 10.3. The number of hydrogen-bond donors (Lipinski definition) is 1. The molecule has 0 unspecified atom stereocenters. The summed E-state index contributed by atoms with van der Waals surface area (Å²) in [6.45, 7) is 0.360. The van der Waals surface area contributed by atoms with Crippen LogP contribution >= 0.6 is 23.2 Å². The molecular formula is C24H19Cl2N3O3. The highest BCUT2D eigenvalue weighted by molar-refractivity contribution is 6.35. The van der Waals surface area contributed by atoms with Gasteiger partial charge in [-0.1, -0.05) is 47.5 Å². The van der Waals surface area contributed by atoms with Gasteiger partial charge in [0.15, 0.2) is 0 Å². The van der Waals surface area contributed by atoms with Crippen LogP contribution in [0.4, 0.5) is 5.69 Å². The second-order valence-electron chi connectivity index (χ2n) is 6.93. The maximum Gasteiger partial charge on any atom is 0.248 e. The summed E-state index contributed by atoms with van der Waals surface area (Å²) >= 11 is 11.9. The van der Waals surface area contributed by atoms with Crippen LogP contribution in [-0.4, -0.2) is 22.7 Å². The van der Waals surface area contributed by atoms with Crippen LogP contribution in [-0.2, 0) is 4.79 Å². The number of amides is 1. The van der Waals surface area contributed by atoms with Crippen molar-refractivity contribution in [1.29, 1.82) is 0 Å². The zero-order chi connectivity index (χ0) is 22.3. The summed E-state index contributed by atoms with van der Waals surface area (Å²) < 4.78 is 11.4. The van der Waals surface area contributed by atoms with Gasteiger partial charge in [-0.2, -0.15) is 0 Å². The highest BCUT2D eigenvalue weighted by Crippen LogP contribution is 2.28. The number of halogens is 2. The van der Waals surface area contributed by atoms with E-state index in [0.717, 1.165) is 11.1 Å². The van der Waals surface area contributed by atoms with Crippen molar-refractivity contribution in [3.05, 3.63) is 82.8 Å². The Balaban J connectivity index is 1.31. The van der Waals surface area contributed by atoms with Gasteiger partial charge in [0.05, 0.1) is 11.6 Å². The number of carbonyl (C=O) groups is 1. The maximum atomic E-state index is 12.3. The first-order valence-corrected chi connectivity index (χ1v) is 10.7. The third kappa shape index (κ3) is 5.66. The van der Waals surface area contributed by atoms with E-state index in [1.165, 1.54) is 0 Å². The lowest BCUT2D eigenvalue weighted by Crippen LogP contribution is -2.12. The quantitative estimate of drug-likeness (QED) is 0.299. The number of ether oxygens (including phenoxy) is 1. The summed E-state index contributed by atoms with van der Waals surface area (Å²) in [5.74, 6) is 1.24. The largest absolute Gasteiger partial charge is 0.492 e. The summed E-state index contributed by atoms with van der Waals surface area (Å²) in [5.41, 5.74) is 2.21. The molecule has 0 spiro atoms. The standard InChI is InChI=1S/C24H19Cl2N3O3/c25-18-11-12-21(20(26)15-18)31-13-5-10-22(30)27-19-9-4-8-17(14-19)24-29-28-23(32-24)16-6-2-1-3-7-16/h1-4,6-9,11-12,14-15H,5,10,13H2,(H,27,30). The normalized spacial score (nSPS) is 10.7. The van der Waals surface area contributed by atoms with Crippen LogP contribution in [0.15, 0.2) is 77.2 Å². The lowest BCUT2D eigenvalue weighted by atomic mass is 10.2. The molecule has 3 aromatic carbocycles. The monoisotopic (exact) mass is 467 g/mol. The smallest absolute Gasteiger partial charge is 0.248 e. The number of nitrogens with zero attached hydrogens (tertiary/aromatic N) is 2. The van der Waals surface area contributed by atoms with Crippen molar-refractivity contribution in [3.63, 3.8) is 0 Å². The Hall–Kier alpha value is -3.35. The highest BCUT2D eigenvalue weighted by atomic mass is 35.5. The number of rotatable bonds is 8. The predicted molar refractivity (Wildman–Crippen MR) is 125 cm³/mol. The van der Waals surface area contributed by atoms with Crippen LogP contribution in [0.5, 0.6) is 5.75 Å². The first-order valence-electron chi connectivity index (χ1n) is 9.95. The number of nitrogens with one attached hydrogen (secondary N) is 1. The molecule has 0 aliphatic rings. The molecular weight excluding hydrogens is 449 g/mol. The molecule has 8 heteroatoms. The lowest BCUT2D eigenvalue weighted by Gasteiger charge is -2.09. The molecule has 1 amide bonds. The molecule has 0 saturated heterocycles. The molecule has 0 fully saturated rings. The van der Waals surface area contributed by atoms with Crippen molar-refractivity contribution >= 4 is 34.8 Å². The van der Waals surface area contributed by atoms with Gasteiger partial charge in [-0.05, 0) is 55.0 Å². The van der Waals surface area contributed by atoms with Crippen LogP contribution < -0.4 is 10.1 Å². The third-order valence-corrected chi connectivity index (χ3v) is 5.07. The minimum Gasteiger partial charge on any atom is -0.492 e. The predicted octanol–water partition coefficient (Wildman–Crippen LogP) is 6.51. The van der Waals surface area contributed by atoms with Gasteiger partial charge in [-0.3, -0.25) is 4.79 Å². The summed E-state index contributed by atoms with van der Waals surface area (Å²) in [5, 5.41) is 12.1. The van der Waals surface area contributed by atoms with Crippen LogP contribution in [0, 0.1) is 0 Å². The molecule has 1 N–H and O–H groups in total. The van der Waals surface area contributed by atoms with Gasteiger partial charge in [-0.25, -0.2) is 0 Å². The Morgan fingerprint density at radius 3 is 2.44 bits per heavy atom. The number of carbonyl (C=O) groups excluding carboxylic acids is 1. The summed E-state index contributed by atoms with van der Waals surface area (Å²) in [7, 11) is 0. The topological polar surface area (TPSA) is 77.2 Å². The molecule has 0 aliphatic carbocycles. The molecule has 162 valence electrons. The van der Waals surface area contributed by atoms with Gasteiger partial charge in [0.25, 0.3) is 0 Å². The third-order valence-electron chi connectivity index (χ3n) is 4.54. The molecule has 0 saturated carbocycles. The van der Waals surface area contributed by atoms with Gasteiger partial charge in [0.1, 0.15) is 5.75 Å². The number of benzene rings is 3. The summed E-state index contributed by atoms with van der Waals surface area (Å²) in [6, 6.07) is 21.8. The number of hydrogen-bond acceptors (Lipinski definition) is 5. The average molecular weight is 468 g/mol. The van der Waals surface area contributed by atoms with E-state index in [1.54, 1.807) is 30.3 Å². The molecule has 0 aliphatic heterocycles. The van der Waals surface area contributed by atoms with Crippen LogP contribution in [0.2, 0.25) is 10.0 Å². The van der Waals surface area contributed by atoms with E-state index in [4.69, 9.17) is 32.4 Å². The molecule has 1 aromatic heterocycles. The van der Waals surface area contributed by atoms with Gasteiger partial charge < -0.3 is 14.5 Å². The fourth-order valence-electron chi connectivity index (χ4n) is 3.00. The second-order valence-corrected chi connectivity index (χ2v) is 7.78. The van der Waals surface area contributed by atoms with Gasteiger partial charge in [0, 0.05) is 28.3 Å². The molecule has 0 atom stereocenters. The maximum absolute atomic E-state index is 12.3. The molecule has 0 radical (unpaired) electrons. The van der Waals surface area contributed by atoms with Crippen LogP contribution in [0.25, 0.3) is 22.9 Å². The molecule has 32 heavy (non-hydrogen) atoms. The Bertz CT molecular complexity index is 1210. The fourth-order valence-corrected chi connectivity index (χ4v) is 3.46. The molecule has 6 nitrogen and oxygen atoms in total. The van der Waals surface area contributed by atoms with E-state index in [1.807, 2.05) is 42.5 Å². The first kappa shape index (κ1) is 21.9. The van der Waals surface area contributed by atoms with E-state index in [-0.39, 0.29) is 5.91 Å². The van der Waals surface area contributed by atoms with Crippen molar-refractivity contribution in [2.45, 2.75) is 12.8 Å². The minimum atomic E-state index is -0.122. The van der Waals surface area contributed by atoms with Crippen molar-refractivity contribution in [3.8, 4) is 28.7 Å². The Morgan fingerprint density at radius 2 is 1.66 bits per heavy atom. The van der Waals surface area contributed by atoms with Crippen LogP contribution in [0.1, 0.15) is 12.8 Å². The fraction of sp³-hybridized carbons (Fsp3) is 0.125. The minimum absolute atomic E-state index is 0.122. The summed E-state index contributed by atoms with van der Waals surface area (Å²) in [4.78, 5) is 12.3. The SMILES string of the molecule is O=C(CCCOc1ccc(Cl)cc1Cl)Nc1cccc(-c2nnc(-c3ccccc3)o2)c1. The first-order chi connectivity index (χ1) is 15.6.